The summed E-state index contributed by atoms with van der Waals surface area (Å²) in [5.41, 5.74) is 1.70. The minimum atomic E-state index is -0.257. The van der Waals surface area contributed by atoms with Crippen LogP contribution in [0, 0.1) is 5.92 Å². The van der Waals surface area contributed by atoms with Gasteiger partial charge in [-0.2, -0.15) is 0 Å². The Morgan fingerprint density at radius 1 is 0.967 bits per heavy atom. The average molecular weight is 408 g/mol. The van der Waals surface area contributed by atoms with Crippen LogP contribution in [0.2, 0.25) is 0 Å². The summed E-state index contributed by atoms with van der Waals surface area (Å²) in [6.45, 7) is 4.24. The van der Waals surface area contributed by atoms with Crippen molar-refractivity contribution in [2.45, 2.75) is 64.3 Å². The largest absolute Gasteiger partial charge is 0.491 e. The minimum absolute atomic E-state index is 0.0439. The Morgan fingerprint density at radius 3 is 2.20 bits per heavy atom. The lowest BCUT2D eigenvalue weighted by Crippen LogP contribution is -2.48. The highest BCUT2D eigenvalue weighted by atomic mass is 16.6. The number of hydrogen-bond acceptors (Lipinski definition) is 4. The van der Waals surface area contributed by atoms with Crippen molar-refractivity contribution in [3.05, 3.63) is 65.7 Å². The predicted molar refractivity (Wildman–Crippen MR) is 115 cm³/mol. The van der Waals surface area contributed by atoms with Crippen LogP contribution in [-0.4, -0.2) is 35.0 Å². The topological polar surface area (TPSA) is 55.8 Å². The molecule has 2 bridgehead atoms. The first-order valence-electron chi connectivity index (χ1n) is 10.8. The molecule has 158 valence electrons. The first kappa shape index (κ1) is 20.5. The van der Waals surface area contributed by atoms with Crippen LogP contribution in [-0.2, 0) is 11.3 Å². The number of fused-ring (bicyclic) bond motifs is 2. The number of piperidine rings is 1. The smallest absolute Gasteiger partial charge is 0.410 e. The van der Waals surface area contributed by atoms with E-state index in [9.17, 15) is 9.59 Å². The number of Topliss-reactive ketones (excluding diaryl/α,β-unsaturated/α-hetero) is 1. The first-order valence-corrected chi connectivity index (χ1v) is 10.8. The van der Waals surface area contributed by atoms with Gasteiger partial charge in [-0.1, -0.05) is 30.3 Å². The lowest BCUT2D eigenvalue weighted by Gasteiger charge is -2.37. The molecule has 1 amide bonds. The maximum Gasteiger partial charge on any atom is 0.410 e. The van der Waals surface area contributed by atoms with Crippen LogP contribution < -0.4 is 4.74 Å². The summed E-state index contributed by atoms with van der Waals surface area (Å²) in [4.78, 5) is 27.7. The monoisotopic (exact) mass is 407 g/mol. The van der Waals surface area contributed by atoms with Gasteiger partial charge in [-0.05, 0) is 69.4 Å². The van der Waals surface area contributed by atoms with E-state index in [-0.39, 0.29) is 42.6 Å². The van der Waals surface area contributed by atoms with Crippen LogP contribution in [0.3, 0.4) is 0 Å². The van der Waals surface area contributed by atoms with Gasteiger partial charge in [0.25, 0.3) is 0 Å². The maximum atomic E-state index is 13.1. The fourth-order valence-electron chi connectivity index (χ4n) is 4.69. The Labute approximate surface area is 178 Å². The molecule has 0 spiro atoms. The molecular formula is C25H29NO4. The van der Waals surface area contributed by atoms with Crippen LogP contribution >= 0.6 is 0 Å². The maximum absolute atomic E-state index is 13.1. The van der Waals surface area contributed by atoms with E-state index in [0.29, 0.717) is 12.8 Å². The molecule has 2 aromatic rings. The Kier molecular flexibility index (Phi) is 6.07. The predicted octanol–water partition coefficient (Wildman–Crippen LogP) is 5.24. The Morgan fingerprint density at radius 2 is 1.60 bits per heavy atom. The van der Waals surface area contributed by atoms with E-state index in [1.165, 1.54) is 0 Å². The number of carbonyl (C=O) groups excluding carboxylic acids is 2. The zero-order chi connectivity index (χ0) is 21.1. The lowest BCUT2D eigenvalue weighted by molar-refractivity contribution is 0.0485. The molecule has 2 heterocycles. The number of carbonyl (C=O) groups is 2. The standard InChI is InChI=1S/C25H29NO4/c1-17(2)30-23-12-8-19(9-13-23)24(27)20-14-21-10-11-22(15-20)26(21)25(28)29-16-18-6-4-3-5-7-18/h3-9,12-13,17,20-22H,10-11,14-16H2,1-2H3. The molecule has 2 saturated heterocycles. The van der Waals surface area contributed by atoms with Gasteiger partial charge in [0.15, 0.2) is 5.78 Å². The highest BCUT2D eigenvalue weighted by molar-refractivity contribution is 5.98. The van der Waals surface area contributed by atoms with Crippen LogP contribution in [0.15, 0.2) is 54.6 Å². The fourth-order valence-corrected chi connectivity index (χ4v) is 4.69. The van der Waals surface area contributed by atoms with Crippen LogP contribution in [0.25, 0.3) is 0 Å². The van der Waals surface area contributed by atoms with Crippen molar-refractivity contribution in [3.8, 4) is 5.75 Å². The third-order valence-electron chi connectivity index (χ3n) is 6.03. The van der Waals surface area contributed by atoms with Gasteiger partial charge in [0.05, 0.1) is 6.10 Å². The summed E-state index contributed by atoms with van der Waals surface area (Å²) in [5, 5.41) is 0. The number of amides is 1. The second-order valence-corrected chi connectivity index (χ2v) is 8.56. The molecule has 0 radical (unpaired) electrons. The molecule has 2 aliphatic rings. The summed E-state index contributed by atoms with van der Waals surface area (Å²) >= 11 is 0. The number of hydrogen-bond donors (Lipinski definition) is 0. The van der Waals surface area contributed by atoms with Gasteiger partial charge in [-0.3, -0.25) is 4.79 Å². The van der Waals surface area contributed by atoms with Gasteiger partial charge in [0.2, 0.25) is 0 Å². The van der Waals surface area contributed by atoms with Crippen molar-refractivity contribution in [1.82, 2.24) is 4.90 Å². The van der Waals surface area contributed by atoms with E-state index in [1.54, 1.807) is 0 Å². The summed E-state index contributed by atoms with van der Waals surface area (Å²) in [6.07, 6.45) is 3.15. The van der Waals surface area contributed by atoms with Crippen molar-refractivity contribution in [1.29, 1.82) is 0 Å². The van der Waals surface area contributed by atoms with E-state index in [1.807, 2.05) is 73.3 Å². The van der Waals surface area contributed by atoms with Gasteiger partial charge >= 0.3 is 6.09 Å². The second-order valence-electron chi connectivity index (χ2n) is 8.56. The van der Waals surface area contributed by atoms with Crippen molar-refractivity contribution in [2.75, 3.05) is 0 Å². The highest BCUT2D eigenvalue weighted by Gasteiger charge is 2.45. The van der Waals surface area contributed by atoms with Gasteiger partial charge in [0, 0.05) is 23.6 Å². The lowest BCUT2D eigenvalue weighted by atomic mass is 9.85. The zero-order valence-electron chi connectivity index (χ0n) is 17.6. The molecule has 2 aromatic carbocycles. The van der Waals surface area contributed by atoms with E-state index in [4.69, 9.17) is 9.47 Å². The molecule has 4 rings (SSSR count). The Bertz CT molecular complexity index is 864. The molecule has 2 fully saturated rings. The number of ether oxygens (including phenoxy) is 2. The third kappa shape index (κ3) is 4.50. The van der Waals surface area contributed by atoms with E-state index in [2.05, 4.69) is 0 Å². The van der Waals surface area contributed by atoms with Crippen molar-refractivity contribution in [2.24, 2.45) is 5.92 Å². The second kappa shape index (κ2) is 8.90. The van der Waals surface area contributed by atoms with E-state index in [0.717, 1.165) is 29.7 Å². The van der Waals surface area contributed by atoms with Crippen LogP contribution in [0.1, 0.15) is 55.5 Å². The van der Waals surface area contributed by atoms with Crippen LogP contribution in [0.5, 0.6) is 5.75 Å². The molecule has 0 saturated carbocycles. The summed E-state index contributed by atoms with van der Waals surface area (Å²) in [5.74, 6) is 0.899. The van der Waals surface area contributed by atoms with Gasteiger partial charge < -0.3 is 14.4 Å². The number of benzene rings is 2. The molecule has 2 atom stereocenters. The molecule has 0 N–H and O–H groups in total. The summed E-state index contributed by atoms with van der Waals surface area (Å²) in [7, 11) is 0. The quantitative estimate of drug-likeness (QED) is 0.615. The van der Waals surface area contributed by atoms with Crippen molar-refractivity contribution < 1.29 is 19.1 Å². The Balaban J connectivity index is 1.36. The molecule has 5 nitrogen and oxygen atoms in total. The molecule has 30 heavy (non-hydrogen) atoms. The number of nitrogens with zero attached hydrogens (tertiary/aromatic N) is 1. The van der Waals surface area contributed by atoms with Gasteiger partial charge in [0.1, 0.15) is 12.4 Å². The molecule has 5 heteroatoms. The van der Waals surface area contributed by atoms with Crippen molar-refractivity contribution >= 4 is 11.9 Å². The summed E-state index contributed by atoms with van der Waals surface area (Å²) in [6, 6.07) is 17.3. The molecule has 0 aliphatic carbocycles. The fraction of sp³-hybridized carbons (Fsp3) is 0.440. The van der Waals surface area contributed by atoms with E-state index < -0.39 is 0 Å². The third-order valence-corrected chi connectivity index (χ3v) is 6.03. The summed E-state index contributed by atoms with van der Waals surface area (Å²) < 4.78 is 11.2. The normalized spacial score (nSPS) is 22.8. The van der Waals surface area contributed by atoms with Gasteiger partial charge in [-0.15, -0.1) is 0 Å². The Hall–Kier alpha value is -2.82. The molecule has 2 unspecified atom stereocenters. The molecule has 0 aromatic heterocycles. The SMILES string of the molecule is CC(C)Oc1ccc(C(=O)C2CC3CCC(C2)N3C(=O)OCc2ccccc2)cc1. The molecule has 2 aliphatic heterocycles. The minimum Gasteiger partial charge on any atom is -0.491 e. The number of ketones is 1. The van der Waals surface area contributed by atoms with Crippen LogP contribution in [0.4, 0.5) is 4.79 Å². The number of rotatable bonds is 6. The zero-order valence-corrected chi connectivity index (χ0v) is 17.6. The van der Waals surface area contributed by atoms with Gasteiger partial charge in [-0.25, -0.2) is 4.79 Å². The average Bonchev–Trinajstić information content (AvgIpc) is 3.02. The molecular weight excluding hydrogens is 378 g/mol. The highest BCUT2D eigenvalue weighted by Crippen LogP contribution is 2.40. The van der Waals surface area contributed by atoms with Crippen molar-refractivity contribution in [3.63, 3.8) is 0 Å². The van der Waals surface area contributed by atoms with E-state index >= 15 is 0 Å². The first-order chi connectivity index (χ1) is 14.5.